The molecule has 0 aliphatic carbocycles. The summed E-state index contributed by atoms with van der Waals surface area (Å²) in [7, 11) is 1.56. The SMILES string of the molecule is COc1ccccc1C(=O)NC[C@H](c1ccccc1Cl)N1CCOCC1. The number of carbonyl (C=O) groups is 1. The summed E-state index contributed by atoms with van der Waals surface area (Å²) in [6.45, 7) is 3.43. The maximum atomic E-state index is 12.7. The molecule has 3 rings (SSSR count). The fourth-order valence-corrected chi connectivity index (χ4v) is 3.45. The first-order chi connectivity index (χ1) is 12.7. The Morgan fingerprint density at radius 2 is 1.88 bits per heavy atom. The van der Waals surface area contributed by atoms with Crippen LogP contribution in [0.1, 0.15) is 22.0 Å². The normalized spacial score (nSPS) is 16.1. The monoisotopic (exact) mass is 374 g/mol. The number of morpholine rings is 1. The van der Waals surface area contributed by atoms with Crippen molar-refractivity contribution in [3.8, 4) is 5.75 Å². The van der Waals surface area contributed by atoms with E-state index in [0.29, 0.717) is 36.1 Å². The molecule has 1 aliphatic rings. The van der Waals surface area contributed by atoms with Gasteiger partial charge in [-0.2, -0.15) is 0 Å². The molecule has 0 unspecified atom stereocenters. The summed E-state index contributed by atoms with van der Waals surface area (Å²) in [6, 6.07) is 15.0. The van der Waals surface area contributed by atoms with Gasteiger partial charge in [-0.1, -0.05) is 41.9 Å². The summed E-state index contributed by atoms with van der Waals surface area (Å²) >= 11 is 6.43. The van der Waals surface area contributed by atoms with E-state index in [2.05, 4.69) is 10.2 Å². The lowest BCUT2D eigenvalue weighted by Gasteiger charge is -2.35. The first kappa shape index (κ1) is 18.7. The Kier molecular flexibility index (Phi) is 6.50. The molecular weight excluding hydrogens is 352 g/mol. The van der Waals surface area contributed by atoms with Gasteiger partial charge < -0.3 is 14.8 Å². The van der Waals surface area contributed by atoms with Gasteiger partial charge in [0.25, 0.3) is 5.91 Å². The zero-order chi connectivity index (χ0) is 18.4. The highest BCUT2D eigenvalue weighted by Crippen LogP contribution is 2.28. The third-order valence-electron chi connectivity index (χ3n) is 4.56. The zero-order valence-electron chi connectivity index (χ0n) is 14.8. The Bertz CT molecular complexity index is 747. The number of nitrogens with one attached hydrogen (secondary N) is 1. The second-order valence-corrected chi connectivity index (χ2v) is 6.50. The average molecular weight is 375 g/mol. The second-order valence-electron chi connectivity index (χ2n) is 6.10. The van der Waals surface area contributed by atoms with Crippen LogP contribution in [0.15, 0.2) is 48.5 Å². The fourth-order valence-electron chi connectivity index (χ4n) is 3.19. The van der Waals surface area contributed by atoms with Crippen molar-refractivity contribution in [1.29, 1.82) is 0 Å². The number of ether oxygens (including phenoxy) is 2. The molecule has 0 aromatic heterocycles. The minimum Gasteiger partial charge on any atom is -0.496 e. The van der Waals surface area contributed by atoms with Crippen LogP contribution in [0.5, 0.6) is 5.75 Å². The molecular formula is C20H23ClN2O3. The number of para-hydroxylation sites is 1. The number of halogens is 1. The van der Waals surface area contributed by atoms with E-state index < -0.39 is 0 Å². The van der Waals surface area contributed by atoms with Crippen molar-refractivity contribution in [1.82, 2.24) is 10.2 Å². The number of amides is 1. The van der Waals surface area contributed by atoms with Gasteiger partial charge in [-0.05, 0) is 23.8 Å². The molecule has 0 saturated carbocycles. The molecule has 1 amide bonds. The number of rotatable bonds is 6. The molecule has 0 spiro atoms. The van der Waals surface area contributed by atoms with Gasteiger partial charge in [0.15, 0.2) is 0 Å². The molecule has 5 nitrogen and oxygen atoms in total. The van der Waals surface area contributed by atoms with Gasteiger partial charge in [-0.15, -0.1) is 0 Å². The quantitative estimate of drug-likeness (QED) is 0.843. The molecule has 2 aromatic carbocycles. The molecule has 138 valence electrons. The largest absolute Gasteiger partial charge is 0.496 e. The molecule has 6 heteroatoms. The van der Waals surface area contributed by atoms with Crippen LogP contribution in [0.3, 0.4) is 0 Å². The summed E-state index contributed by atoms with van der Waals surface area (Å²) in [6.07, 6.45) is 0. The highest BCUT2D eigenvalue weighted by atomic mass is 35.5. The lowest BCUT2D eigenvalue weighted by atomic mass is 10.0. The number of nitrogens with zero attached hydrogens (tertiary/aromatic N) is 1. The Balaban J connectivity index is 1.77. The van der Waals surface area contributed by atoms with Crippen LogP contribution in [0.2, 0.25) is 5.02 Å². The predicted molar refractivity (Wildman–Crippen MR) is 102 cm³/mol. The standard InChI is InChI=1S/C20H23ClN2O3/c1-25-19-9-5-3-7-16(19)20(24)22-14-18(23-10-12-26-13-11-23)15-6-2-4-8-17(15)21/h2-9,18H,10-14H2,1H3,(H,22,24)/t18-/m1/s1. The summed E-state index contributed by atoms with van der Waals surface area (Å²) in [5.41, 5.74) is 1.53. The lowest BCUT2D eigenvalue weighted by molar-refractivity contribution is 0.0162. The highest BCUT2D eigenvalue weighted by molar-refractivity contribution is 6.31. The van der Waals surface area contributed by atoms with Crippen LogP contribution < -0.4 is 10.1 Å². The number of hydrogen-bond acceptors (Lipinski definition) is 4. The van der Waals surface area contributed by atoms with Crippen LogP contribution in [-0.4, -0.2) is 50.8 Å². The molecule has 1 atom stereocenters. The average Bonchev–Trinajstić information content (AvgIpc) is 2.70. The first-order valence-corrected chi connectivity index (χ1v) is 9.06. The molecule has 1 fully saturated rings. The van der Waals surface area contributed by atoms with Gasteiger partial charge in [0.05, 0.1) is 31.9 Å². The number of hydrogen-bond donors (Lipinski definition) is 1. The van der Waals surface area contributed by atoms with E-state index in [0.717, 1.165) is 18.7 Å². The van der Waals surface area contributed by atoms with E-state index >= 15 is 0 Å². The molecule has 0 bridgehead atoms. The Labute approximate surface area is 158 Å². The van der Waals surface area contributed by atoms with Gasteiger partial charge in [-0.3, -0.25) is 9.69 Å². The first-order valence-electron chi connectivity index (χ1n) is 8.68. The van der Waals surface area contributed by atoms with Crippen molar-refractivity contribution < 1.29 is 14.3 Å². The molecule has 0 radical (unpaired) electrons. The summed E-state index contributed by atoms with van der Waals surface area (Å²) < 4.78 is 10.7. The second kappa shape index (κ2) is 9.03. The van der Waals surface area contributed by atoms with Gasteiger partial charge in [0, 0.05) is 24.7 Å². The minimum atomic E-state index is -0.159. The van der Waals surface area contributed by atoms with Crippen LogP contribution in [0, 0.1) is 0 Å². The topological polar surface area (TPSA) is 50.8 Å². The maximum Gasteiger partial charge on any atom is 0.255 e. The van der Waals surface area contributed by atoms with Crippen LogP contribution in [-0.2, 0) is 4.74 Å². The van der Waals surface area contributed by atoms with Gasteiger partial charge >= 0.3 is 0 Å². The minimum absolute atomic E-state index is 0.00810. The van der Waals surface area contributed by atoms with Gasteiger partial charge in [-0.25, -0.2) is 0 Å². The number of methoxy groups -OCH3 is 1. The zero-order valence-corrected chi connectivity index (χ0v) is 15.5. The van der Waals surface area contributed by atoms with Gasteiger partial charge in [0.1, 0.15) is 5.75 Å². The van der Waals surface area contributed by atoms with Crippen molar-refractivity contribution in [2.45, 2.75) is 6.04 Å². The third kappa shape index (κ3) is 4.36. The molecule has 1 saturated heterocycles. The fraction of sp³-hybridized carbons (Fsp3) is 0.350. The van der Waals surface area contributed by atoms with Crippen molar-refractivity contribution in [2.24, 2.45) is 0 Å². The van der Waals surface area contributed by atoms with Crippen molar-refractivity contribution in [2.75, 3.05) is 40.0 Å². The van der Waals surface area contributed by atoms with Crippen molar-refractivity contribution in [3.63, 3.8) is 0 Å². The van der Waals surface area contributed by atoms with Gasteiger partial charge in [0.2, 0.25) is 0 Å². The molecule has 1 heterocycles. The van der Waals surface area contributed by atoms with Crippen molar-refractivity contribution in [3.05, 3.63) is 64.7 Å². The smallest absolute Gasteiger partial charge is 0.255 e. The van der Waals surface area contributed by atoms with Crippen LogP contribution >= 0.6 is 11.6 Å². The number of carbonyl (C=O) groups excluding carboxylic acids is 1. The molecule has 2 aromatic rings. The van der Waals surface area contributed by atoms with E-state index in [1.165, 1.54) is 0 Å². The van der Waals surface area contributed by atoms with Crippen LogP contribution in [0.25, 0.3) is 0 Å². The summed E-state index contributed by atoms with van der Waals surface area (Å²) in [5.74, 6) is 0.401. The van der Waals surface area contributed by atoms with E-state index in [1.54, 1.807) is 19.2 Å². The number of benzene rings is 2. The highest BCUT2D eigenvalue weighted by Gasteiger charge is 2.25. The van der Waals surface area contributed by atoms with E-state index in [-0.39, 0.29) is 11.9 Å². The molecule has 1 aliphatic heterocycles. The van der Waals surface area contributed by atoms with E-state index in [1.807, 2.05) is 36.4 Å². The lowest BCUT2D eigenvalue weighted by Crippen LogP contribution is -2.44. The van der Waals surface area contributed by atoms with Crippen LogP contribution in [0.4, 0.5) is 0 Å². The molecule has 26 heavy (non-hydrogen) atoms. The van der Waals surface area contributed by atoms with Crippen molar-refractivity contribution >= 4 is 17.5 Å². The maximum absolute atomic E-state index is 12.7. The van der Waals surface area contributed by atoms with E-state index in [9.17, 15) is 4.79 Å². The summed E-state index contributed by atoms with van der Waals surface area (Å²) in [5, 5.41) is 3.74. The molecule has 1 N–H and O–H groups in total. The third-order valence-corrected chi connectivity index (χ3v) is 4.90. The summed E-state index contributed by atoms with van der Waals surface area (Å²) in [4.78, 5) is 15.0. The Hall–Kier alpha value is -2.08. The van der Waals surface area contributed by atoms with E-state index in [4.69, 9.17) is 21.1 Å². The Morgan fingerprint density at radius 3 is 2.62 bits per heavy atom. The Morgan fingerprint density at radius 1 is 1.19 bits per heavy atom. The predicted octanol–water partition coefficient (Wildman–Crippen LogP) is 3.15.